The van der Waals surface area contributed by atoms with Gasteiger partial charge in [0.25, 0.3) is 0 Å². The molecule has 25 heavy (non-hydrogen) atoms. The summed E-state index contributed by atoms with van der Waals surface area (Å²) in [6, 6.07) is 13.4. The highest BCUT2D eigenvalue weighted by molar-refractivity contribution is 6.30. The second kappa shape index (κ2) is 8.45. The molecule has 0 spiro atoms. The van der Waals surface area contributed by atoms with Crippen molar-refractivity contribution in [2.75, 3.05) is 32.7 Å². The lowest BCUT2D eigenvalue weighted by molar-refractivity contribution is -0.134. The van der Waals surface area contributed by atoms with Crippen LogP contribution in [-0.4, -0.2) is 53.4 Å². The van der Waals surface area contributed by atoms with Crippen molar-refractivity contribution >= 4 is 17.5 Å². The summed E-state index contributed by atoms with van der Waals surface area (Å²) in [7, 11) is 0. The molecule has 0 N–H and O–H groups in total. The molecule has 1 fully saturated rings. The van der Waals surface area contributed by atoms with Gasteiger partial charge in [-0.2, -0.15) is 0 Å². The van der Waals surface area contributed by atoms with Crippen LogP contribution in [0.5, 0.6) is 0 Å². The Labute approximate surface area is 154 Å². The number of pyridine rings is 1. The highest BCUT2D eigenvalue weighted by atomic mass is 35.5. The zero-order valence-electron chi connectivity index (χ0n) is 14.6. The SMILES string of the molecule is CCN1CCN(C(=O)C(Cc2ccccn2)c2ccc(Cl)cc2)CC1. The van der Waals surface area contributed by atoms with Crippen LogP contribution < -0.4 is 0 Å². The average molecular weight is 358 g/mol. The Bertz CT molecular complexity index is 682. The summed E-state index contributed by atoms with van der Waals surface area (Å²) in [5, 5.41) is 0.685. The number of benzene rings is 1. The van der Waals surface area contributed by atoms with Gasteiger partial charge in [-0.1, -0.05) is 36.7 Å². The zero-order valence-corrected chi connectivity index (χ0v) is 15.3. The topological polar surface area (TPSA) is 36.4 Å². The maximum absolute atomic E-state index is 13.2. The van der Waals surface area contributed by atoms with Gasteiger partial charge in [-0.25, -0.2) is 0 Å². The molecule has 5 heteroatoms. The van der Waals surface area contributed by atoms with E-state index < -0.39 is 0 Å². The average Bonchev–Trinajstić information content (AvgIpc) is 2.67. The van der Waals surface area contributed by atoms with Crippen LogP contribution in [-0.2, 0) is 11.2 Å². The first-order valence-electron chi connectivity index (χ1n) is 8.84. The monoisotopic (exact) mass is 357 g/mol. The summed E-state index contributed by atoms with van der Waals surface area (Å²) in [6.45, 7) is 6.67. The number of nitrogens with zero attached hydrogens (tertiary/aromatic N) is 3. The van der Waals surface area contributed by atoms with Gasteiger partial charge in [0.15, 0.2) is 0 Å². The van der Waals surface area contributed by atoms with E-state index in [1.807, 2.05) is 47.4 Å². The molecule has 1 amide bonds. The third kappa shape index (κ3) is 4.59. The van der Waals surface area contributed by atoms with E-state index in [0.717, 1.165) is 44.0 Å². The van der Waals surface area contributed by atoms with E-state index >= 15 is 0 Å². The quantitative estimate of drug-likeness (QED) is 0.824. The molecule has 0 aliphatic carbocycles. The summed E-state index contributed by atoms with van der Waals surface area (Å²) < 4.78 is 0. The lowest BCUT2D eigenvalue weighted by Gasteiger charge is -2.36. The van der Waals surface area contributed by atoms with E-state index in [9.17, 15) is 4.79 Å². The third-order valence-corrected chi connectivity index (χ3v) is 5.09. The second-order valence-electron chi connectivity index (χ2n) is 6.39. The van der Waals surface area contributed by atoms with Gasteiger partial charge in [0.05, 0.1) is 5.92 Å². The Kier molecular flexibility index (Phi) is 6.05. The van der Waals surface area contributed by atoms with Crippen LogP contribution >= 0.6 is 11.6 Å². The van der Waals surface area contributed by atoms with E-state index in [-0.39, 0.29) is 11.8 Å². The van der Waals surface area contributed by atoms with Gasteiger partial charge in [-0.3, -0.25) is 9.78 Å². The molecule has 4 nitrogen and oxygen atoms in total. The zero-order chi connectivity index (χ0) is 17.6. The van der Waals surface area contributed by atoms with Crippen molar-refractivity contribution in [2.24, 2.45) is 0 Å². The van der Waals surface area contributed by atoms with Crippen molar-refractivity contribution in [1.82, 2.24) is 14.8 Å². The van der Waals surface area contributed by atoms with Crippen LogP contribution in [0.4, 0.5) is 0 Å². The van der Waals surface area contributed by atoms with E-state index in [1.54, 1.807) is 6.20 Å². The van der Waals surface area contributed by atoms with Crippen molar-refractivity contribution in [1.29, 1.82) is 0 Å². The van der Waals surface area contributed by atoms with Crippen molar-refractivity contribution in [3.05, 3.63) is 64.9 Å². The third-order valence-electron chi connectivity index (χ3n) is 4.84. The molecule has 1 aliphatic heterocycles. The second-order valence-corrected chi connectivity index (χ2v) is 6.83. The highest BCUT2D eigenvalue weighted by Gasteiger charge is 2.28. The molecule has 3 rings (SSSR count). The molecule has 2 aromatic rings. The number of aromatic nitrogens is 1. The smallest absolute Gasteiger partial charge is 0.230 e. The summed E-state index contributed by atoms with van der Waals surface area (Å²) >= 11 is 6.02. The molecule has 1 atom stereocenters. The van der Waals surface area contributed by atoms with Gasteiger partial charge in [-0.05, 0) is 36.4 Å². The molecule has 1 aromatic heterocycles. The number of carbonyl (C=O) groups excluding carboxylic acids is 1. The fourth-order valence-electron chi connectivity index (χ4n) is 3.28. The Balaban J connectivity index is 1.80. The standard InChI is InChI=1S/C20H24ClN3O/c1-2-23-11-13-24(14-12-23)20(25)19(15-18-5-3-4-10-22-18)16-6-8-17(21)9-7-16/h3-10,19H,2,11-15H2,1H3. The molecule has 1 saturated heterocycles. The summed E-state index contributed by atoms with van der Waals surface area (Å²) in [6.07, 6.45) is 2.38. The van der Waals surface area contributed by atoms with Gasteiger partial charge in [0.1, 0.15) is 0 Å². The van der Waals surface area contributed by atoms with E-state index in [2.05, 4.69) is 16.8 Å². The number of amides is 1. The lowest BCUT2D eigenvalue weighted by Crippen LogP contribution is -2.50. The Morgan fingerprint density at radius 3 is 2.44 bits per heavy atom. The summed E-state index contributed by atoms with van der Waals surface area (Å²) in [4.78, 5) is 22.0. The van der Waals surface area contributed by atoms with Gasteiger partial charge in [0, 0.05) is 49.5 Å². The number of hydrogen-bond acceptors (Lipinski definition) is 3. The molecule has 0 radical (unpaired) electrons. The highest BCUT2D eigenvalue weighted by Crippen LogP contribution is 2.25. The summed E-state index contributed by atoms with van der Waals surface area (Å²) in [5.74, 6) is -0.0379. The number of halogens is 1. The summed E-state index contributed by atoms with van der Waals surface area (Å²) in [5.41, 5.74) is 1.93. The number of hydrogen-bond donors (Lipinski definition) is 0. The molecule has 1 aromatic carbocycles. The molecule has 1 aliphatic rings. The normalized spacial score (nSPS) is 16.6. The number of likely N-dealkylation sites (N-methyl/N-ethyl adjacent to an activating group) is 1. The molecule has 0 saturated carbocycles. The Hall–Kier alpha value is -1.91. The van der Waals surface area contributed by atoms with Crippen LogP contribution in [0.3, 0.4) is 0 Å². The molecular weight excluding hydrogens is 334 g/mol. The molecule has 132 valence electrons. The van der Waals surface area contributed by atoms with Gasteiger partial charge in [-0.15, -0.1) is 0 Å². The fraction of sp³-hybridized carbons (Fsp3) is 0.400. The van der Waals surface area contributed by atoms with E-state index in [0.29, 0.717) is 11.4 Å². The van der Waals surface area contributed by atoms with E-state index in [4.69, 9.17) is 11.6 Å². The number of piperazine rings is 1. The molecule has 0 bridgehead atoms. The first-order chi connectivity index (χ1) is 12.2. The van der Waals surface area contributed by atoms with Gasteiger partial charge in [0.2, 0.25) is 5.91 Å². The minimum atomic E-state index is -0.222. The minimum absolute atomic E-state index is 0.184. The Morgan fingerprint density at radius 2 is 1.84 bits per heavy atom. The van der Waals surface area contributed by atoms with Crippen molar-refractivity contribution < 1.29 is 4.79 Å². The molecule has 2 heterocycles. The van der Waals surface area contributed by atoms with Crippen LogP contribution in [0.15, 0.2) is 48.7 Å². The fourth-order valence-corrected chi connectivity index (χ4v) is 3.40. The number of rotatable bonds is 5. The van der Waals surface area contributed by atoms with Crippen LogP contribution in [0.25, 0.3) is 0 Å². The predicted octanol–water partition coefficient (Wildman–Crippen LogP) is 3.23. The molecule has 1 unspecified atom stereocenters. The van der Waals surface area contributed by atoms with Crippen LogP contribution in [0.1, 0.15) is 24.1 Å². The van der Waals surface area contributed by atoms with Gasteiger partial charge < -0.3 is 9.80 Å². The first-order valence-corrected chi connectivity index (χ1v) is 9.21. The van der Waals surface area contributed by atoms with Gasteiger partial charge >= 0.3 is 0 Å². The predicted molar refractivity (Wildman–Crippen MR) is 101 cm³/mol. The van der Waals surface area contributed by atoms with E-state index in [1.165, 1.54) is 0 Å². The molecular formula is C20H24ClN3O. The number of carbonyl (C=O) groups is 1. The minimum Gasteiger partial charge on any atom is -0.340 e. The van der Waals surface area contributed by atoms with Crippen LogP contribution in [0, 0.1) is 0 Å². The lowest BCUT2D eigenvalue weighted by atomic mass is 9.92. The van der Waals surface area contributed by atoms with Crippen molar-refractivity contribution in [3.8, 4) is 0 Å². The largest absolute Gasteiger partial charge is 0.340 e. The maximum Gasteiger partial charge on any atom is 0.230 e. The van der Waals surface area contributed by atoms with Crippen molar-refractivity contribution in [2.45, 2.75) is 19.3 Å². The van der Waals surface area contributed by atoms with Crippen LogP contribution in [0.2, 0.25) is 5.02 Å². The van der Waals surface area contributed by atoms with Crippen molar-refractivity contribution in [3.63, 3.8) is 0 Å². The first kappa shape index (κ1) is 17.9. The maximum atomic E-state index is 13.2. The Morgan fingerprint density at radius 1 is 1.12 bits per heavy atom.